The summed E-state index contributed by atoms with van der Waals surface area (Å²) in [4.78, 5) is 41.5. The van der Waals surface area contributed by atoms with Gasteiger partial charge in [0.1, 0.15) is 5.00 Å². The summed E-state index contributed by atoms with van der Waals surface area (Å²) in [5, 5.41) is 3.64. The van der Waals surface area contributed by atoms with Crippen LogP contribution in [-0.4, -0.2) is 39.7 Å². The number of nitrogens with zero attached hydrogens (tertiary/aromatic N) is 2. The van der Waals surface area contributed by atoms with Crippen molar-refractivity contribution in [2.45, 2.75) is 25.5 Å². The number of anilines is 1. The maximum absolute atomic E-state index is 12.6. The lowest BCUT2D eigenvalue weighted by molar-refractivity contribution is -0.113. The van der Waals surface area contributed by atoms with Gasteiger partial charge < -0.3 is 20.4 Å². The average molecular weight is 459 g/mol. The smallest absolute Gasteiger partial charge is 0.341 e. The lowest BCUT2D eigenvalue weighted by atomic mass is 10.1. The number of carbonyl (C=O) groups excluding carboxylic acids is 3. The molecule has 162 valence electrons. The number of allylic oxidation sites excluding steroid dienone is 1. The maximum Gasteiger partial charge on any atom is 0.341 e. The number of nitrogens with two attached hydrogens (primary N) is 1. The highest BCUT2D eigenvalue weighted by Crippen LogP contribution is 2.34. The van der Waals surface area contributed by atoms with Crippen molar-refractivity contribution < 1.29 is 19.1 Å². The molecule has 3 aromatic rings. The van der Waals surface area contributed by atoms with Crippen molar-refractivity contribution in [2.24, 2.45) is 5.73 Å². The highest BCUT2D eigenvalue weighted by molar-refractivity contribution is 7.99. The van der Waals surface area contributed by atoms with Crippen LogP contribution in [0.2, 0.25) is 0 Å². The first-order chi connectivity index (χ1) is 14.9. The summed E-state index contributed by atoms with van der Waals surface area (Å²) in [6.07, 6.45) is 1.77. The molecule has 10 heteroatoms. The van der Waals surface area contributed by atoms with Gasteiger partial charge in [-0.25, -0.2) is 9.78 Å². The largest absolute Gasteiger partial charge is 0.462 e. The van der Waals surface area contributed by atoms with Crippen LogP contribution < -0.4 is 11.1 Å². The number of fused-ring (bicyclic) bond motifs is 1. The molecule has 1 aromatic carbocycles. The Kier molecular flexibility index (Phi) is 7.13. The molecule has 0 fully saturated rings. The summed E-state index contributed by atoms with van der Waals surface area (Å²) in [7, 11) is 0. The molecular weight excluding hydrogens is 436 g/mol. The first kappa shape index (κ1) is 22.6. The molecule has 31 heavy (non-hydrogen) atoms. The van der Waals surface area contributed by atoms with Crippen LogP contribution in [0.15, 0.2) is 42.1 Å². The van der Waals surface area contributed by atoms with Gasteiger partial charge in [-0.1, -0.05) is 30.0 Å². The van der Waals surface area contributed by atoms with Crippen LogP contribution >= 0.6 is 23.1 Å². The van der Waals surface area contributed by atoms with E-state index in [1.807, 2.05) is 28.8 Å². The van der Waals surface area contributed by atoms with E-state index in [4.69, 9.17) is 10.5 Å². The summed E-state index contributed by atoms with van der Waals surface area (Å²) in [5.74, 6) is -1.56. The van der Waals surface area contributed by atoms with E-state index >= 15 is 0 Å². The van der Waals surface area contributed by atoms with Crippen molar-refractivity contribution in [2.75, 3.05) is 17.7 Å². The number of benzene rings is 1. The number of hydrogen-bond donors (Lipinski definition) is 2. The SMILES string of the molecule is C=CCn1c(SCC(=O)Nc2sc(C(N)=O)c(C)c2C(=O)OCC)nc2ccccc21. The molecule has 0 unspecified atom stereocenters. The third-order valence-electron chi connectivity index (χ3n) is 4.37. The Hall–Kier alpha value is -3.11. The van der Waals surface area contributed by atoms with E-state index in [0.717, 1.165) is 22.4 Å². The number of nitrogens with one attached hydrogen (secondary N) is 1. The Bertz CT molecular complexity index is 1170. The standard InChI is InChI=1S/C21H22N4O4S2/c1-4-10-25-14-9-7-6-8-13(14)23-21(25)30-11-15(26)24-19-16(20(28)29-5-2)12(3)17(31-19)18(22)27/h4,6-9H,1,5,10-11H2,2-3H3,(H2,22,27)(H,24,26). The monoisotopic (exact) mass is 458 g/mol. The Labute approximate surface area is 187 Å². The number of thioether (sulfide) groups is 1. The minimum absolute atomic E-state index is 0.0611. The van der Waals surface area contributed by atoms with Gasteiger partial charge >= 0.3 is 5.97 Å². The maximum atomic E-state index is 12.6. The lowest BCUT2D eigenvalue weighted by Crippen LogP contribution is -2.17. The molecule has 0 saturated heterocycles. The molecule has 2 aromatic heterocycles. The number of ether oxygens (including phenoxy) is 1. The van der Waals surface area contributed by atoms with E-state index in [-0.39, 0.29) is 33.7 Å². The normalized spacial score (nSPS) is 10.8. The third kappa shape index (κ3) is 4.80. The van der Waals surface area contributed by atoms with Crippen LogP contribution in [0.25, 0.3) is 11.0 Å². The molecule has 0 aliphatic heterocycles. The van der Waals surface area contributed by atoms with Crippen molar-refractivity contribution in [1.82, 2.24) is 9.55 Å². The van der Waals surface area contributed by atoms with Crippen LogP contribution in [0, 0.1) is 6.92 Å². The first-order valence-corrected chi connectivity index (χ1v) is 11.3. The summed E-state index contributed by atoms with van der Waals surface area (Å²) < 4.78 is 7.04. The zero-order chi connectivity index (χ0) is 22.5. The van der Waals surface area contributed by atoms with Crippen LogP contribution in [0.1, 0.15) is 32.5 Å². The van der Waals surface area contributed by atoms with Gasteiger partial charge in [0.25, 0.3) is 5.91 Å². The second-order valence-corrected chi connectivity index (χ2v) is 8.43. The van der Waals surface area contributed by atoms with E-state index in [1.54, 1.807) is 19.9 Å². The van der Waals surface area contributed by atoms with E-state index in [2.05, 4.69) is 16.9 Å². The van der Waals surface area contributed by atoms with Crippen LogP contribution in [0.4, 0.5) is 5.00 Å². The molecule has 2 heterocycles. The molecule has 0 bridgehead atoms. The third-order valence-corrected chi connectivity index (χ3v) is 6.56. The fraction of sp³-hybridized carbons (Fsp3) is 0.238. The fourth-order valence-corrected chi connectivity index (χ4v) is 4.93. The van der Waals surface area contributed by atoms with Crippen molar-refractivity contribution in [3.63, 3.8) is 0 Å². The van der Waals surface area contributed by atoms with Gasteiger partial charge in [-0.15, -0.1) is 17.9 Å². The molecule has 0 saturated carbocycles. The zero-order valence-electron chi connectivity index (χ0n) is 17.1. The fourth-order valence-electron chi connectivity index (χ4n) is 3.05. The molecule has 0 aliphatic carbocycles. The van der Waals surface area contributed by atoms with Crippen LogP contribution in [-0.2, 0) is 16.1 Å². The summed E-state index contributed by atoms with van der Waals surface area (Å²) >= 11 is 2.23. The molecule has 8 nitrogen and oxygen atoms in total. The molecular formula is C21H22N4O4S2. The Morgan fingerprint density at radius 3 is 2.77 bits per heavy atom. The number of amides is 2. The van der Waals surface area contributed by atoms with Gasteiger partial charge in [0, 0.05) is 6.54 Å². The summed E-state index contributed by atoms with van der Waals surface area (Å²) in [6.45, 7) is 7.79. The quantitative estimate of drug-likeness (QED) is 0.287. The predicted octanol–water partition coefficient (Wildman–Crippen LogP) is 3.60. The van der Waals surface area contributed by atoms with Crippen LogP contribution in [0.5, 0.6) is 0 Å². The topological polar surface area (TPSA) is 116 Å². The summed E-state index contributed by atoms with van der Waals surface area (Å²) in [5.41, 5.74) is 7.73. The highest BCUT2D eigenvalue weighted by atomic mass is 32.2. The molecule has 3 N–H and O–H groups in total. The minimum atomic E-state index is -0.666. The highest BCUT2D eigenvalue weighted by Gasteiger charge is 2.25. The second-order valence-electron chi connectivity index (χ2n) is 6.46. The zero-order valence-corrected chi connectivity index (χ0v) is 18.8. The molecule has 0 spiro atoms. The van der Waals surface area contributed by atoms with Crippen molar-refractivity contribution in [3.8, 4) is 0 Å². The van der Waals surface area contributed by atoms with E-state index in [1.165, 1.54) is 11.8 Å². The lowest BCUT2D eigenvalue weighted by Gasteiger charge is -2.08. The second kappa shape index (κ2) is 9.80. The van der Waals surface area contributed by atoms with E-state index < -0.39 is 11.9 Å². The number of primary amides is 1. The van der Waals surface area contributed by atoms with Gasteiger partial charge in [0.15, 0.2) is 5.16 Å². The summed E-state index contributed by atoms with van der Waals surface area (Å²) in [6, 6.07) is 7.70. The number of rotatable bonds is 9. The number of imidazole rings is 1. The van der Waals surface area contributed by atoms with Gasteiger partial charge in [0.2, 0.25) is 5.91 Å². The first-order valence-electron chi connectivity index (χ1n) is 9.46. The Balaban J connectivity index is 1.80. The molecule has 3 rings (SSSR count). The van der Waals surface area contributed by atoms with E-state index in [0.29, 0.717) is 17.3 Å². The van der Waals surface area contributed by atoms with Crippen molar-refractivity contribution >= 4 is 56.9 Å². The van der Waals surface area contributed by atoms with Crippen LogP contribution in [0.3, 0.4) is 0 Å². The predicted molar refractivity (Wildman–Crippen MR) is 123 cm³/mol. The molecule has 0 atom stereocenters. The Morgan fingerprint density at radius 2 is 2.10 bits per heavy atom. The van der Waals surface area contributed by atoms with Crippen molar-refractivity contribution in [1.29, 1.82) is 0 Å². The van der Waals surface area contributed by atoms with Gasteiger partial charge in [-0.05, 0) is 31.5 Å². The molecule has 2 amide bonds. The van der Waals surface area contributed by atoms with Gasteiger partial charge in [-0.3, -0.25) is 9.59 Å². The average Bonchev–Trinajstić information content (AvgIpc) is 3.24. The number of para-hydroxylation sites is 2. The minimum Gasteiger partial charge on any atom is -0.462 e. The Morgan fingerprint density at radius 1 is 1.35 bits per heavy atom. The number of esters is 1. The van der Waals surface area contributed by atoms with E-state index in [9.17, 15) is 14.4 Å². The number of hydrogen-bond acceptors (Lipinski definition) is 7. The molecule has 0 aliphatic rings. The van der Waals surface area contributed by atoms with Gasteiger partial charge in [0.05, 0.1) is 33.8 Å². The van der Waals surface area contributed by atoms with Gasteiger partial charge in [-0.2, -0.15) is 0 Å². The number of thiophene rings is 1. The number of aromatic nitrogens is 2. The number of carbonyl (C=O) groups is 3. The molecule has 0 radical (unpaired) electrons. The van der Waals surface area contributed by atoms with Crippen molar-refractivity contribution in [3.05, 3.63) is 52.9 Å².